The van der Waals surface area contributed by atoms with E-state index in [1.807, 2.05) is 0 Å². The zero-order chi connectivity index (χ0) is 15.4. The van der Waals surface area contributed by atoms with Crippen molar-refractivity contribution in [3.05, 3.63) is 35.1 Å². The molecule has 1 aliphatic rings. The van der Waals surface area contributed by atoms with Crippen LogP contribution in [0.4, 0.5) is 4.39 Å². The molecule has 1 atom stereocenters. The number of carbonyl (C=O) groups is 1. The Labute approximate surface area is 124 Å². The lowest BCUT2D eigenvalue weighted by molar-refractivity contribution is 0.0874. The number of rotatable bonds is 4. The van der Waals surface area contributed by atoms with Crippen LogP contribution in [0, 0.1) is 5.82 Å². The molecule has 116 valence electrons. The smallest absolute Gasteiger partial charge is 0.265 e. The Kier molecular flexibility index (Phi) is 5.27. The molecule has 0 radical (unpaired) electrons. The number of hydrogen-bond acceptors (Lipinski definition) is 4. The van der Waals surface area contributed by atoms with Gasteiger partial charge in [-0.2, -0.15) is 0 Å². The summed E-state index contributed by atoms with van der Waals surface area (Å²) in [5.41, 5.74) is 2.99. The number of hydrogen-bond donors (Lipinski definition) is 2. The van der Waals surface area contributed by atoms with Gasteiger partial charge in [-0.3, -0.25) is 15.1 Å². The summed E-state index contributed by atoms with van der Waals surface area (Å²) >= 11 is 0. The van der Waals surface area contributed by atoms with Gasteiger partial charge in [0.1, 0.15) is 5.82 Å². The number of carbonyl (C=O) groups excluding carboxylic acids is 1. The predicted octanol–water partition coefficient (Wildman–Crippen LogP) is 0.955. The Bertz CT molecular complexity index is 508. The highest BCUT2D eigenvalue weighted by Gasteiger charge is 2.23. The summed E-state index contributed by atoms with van der Waals surface area (Å²) in [7, 11) is 2.12. The van der Waals surface area contributed by atoms with E-state index >= 15 is 0 Å². The zero-order valence-electron chi connectivity index (χ0n) is 12.6. The van der Waals surface area contributed by atoms with Crippen molar-refractivity contribution >= 4 is 5.91 Å². The number of nitrogens with zero attached hydrogens (tertiary/aromatic N) is 2. The Morgan fingerprint density at radius 1 is 1.48 bits per heavy atom. The number of nitrogen functional groups attached to an aromatic ring is 1. The minimum Gasteiger partial charge on any atom is -0.301 e. The maximum absolute atomic E-state index is 13.9. The highest BCUT2D eigenvalue weighted by molar-refractivity contribution is 5.93. The summed E-state index contributed by atoms with van der Waals surface area (Å²) in [5, 5.41) is 0. The van der Waals surface area contributed by atoms with Crippen LogP contribution in [-0.4, -0.2) is 48.4 Å². The normalized spacial score (nSPS) is 20.5. The molecule has 1 aromatic carbocycles. The van der Waals surface area contributed by atoms with Gasteiger partial charge in [-0.15, -0.1) is 0 Å². The Balaban J connectivity index is 2.10. The van der Waals surface area contributed by atoms with Crippen LogP contribution in [0.5, 0.6) is 0 Å². The van der Waals surface area contributed by atoms with Crippen molar-refractivity contribution in [2.75, 3.05) is 26.7 Å². The molecule has 2 rings (SSSR count). The van der Waals surface area contributed by atoms with Crippen molar-refractivity contribution in [1.82, 2.24) is 15.2 Å². The van der Waals surface area contributed by atoms with Gasteiger partial charge in [-0.05, 0) is 31.7 Å². The molecule has 1 aliphatic heterocycles. The van der Waals surface area contributed by atoms with Gasteiger partial charge in [-0.25, -0.2) is 10.2 Å². The van der Waals surface area contributed by atoms with Gasteiger partial charge in [0, 0.05) is 43.3 Å². The first kappa shape index (κ1) is 15.9. The van der Waals surface area contributed by atoms with Crippen LogP contribution in [-0.2, 0) is 6.54 Å². The molecular weight excluding hydrogens is 271 g/mol. The summed E-state index contributed by atoms with van der Waals surface area (Å²) < 4.78 is 13.9. The van der Waals surface area contributed by atoms with E-state index in [0.717, 1.165) is 26.1 Å². The van der Waals surface area contributed by atoms with Crippen molar-refractivity contribution in [2.45, 2.75) is 25.9 Å². The molecule has 1 aromatic rings. The minimum absolute atomic E-state index is 0.282. The van der Waals surface area contributed by atoms with Crippen LogP contribution in [0.1, 0.15) is 29.3 Å². The number of piperazine rings is 1. The van der Waals surface area contributed by atoms with Gasteiger partial charge < -0.3 is 4.90 Å². The average Bonchev–Trinajstić information content (AvgIpc) is 2.50. The second kappa shape index (κ2) is 6.98. The molecule has 0 saturated carbocycles. The molecular formula is C15H23FN4O. The van der Waals surface area contributed by atoms with E-state index in [4.69, 9.17) is 5.84 Å². The third-order valence-corrected chi connectivity index (χ3v) is 4.17. The van der Waals surface area contributed by atoms with Crippen LogP contribution in [0.2, 0.25) is 0 Å². The minimum atomic E-state index is -0.402. The average molecular weight is 294 g/mol. The number of amides is 1. The summed E-state index contributed by atoms with van der Waals surface area (Å²) in [6.07, 6.45) is 1.07. The molecule has 5 nitrogen and oxygen atoms in total. The second-order valence-electron chi connectivity index (χ2n) is 5.56. The van der Waals surface area contributed by atoms with Gasteiger partial charge in [-0.1, -0.05) is 6.92 Å². The number of benzene rings is 1. The Morgan fingerprint density at radius 2 is 2.24 bits per heavy atom. The van der Waals surface area contributed by atoms with E-state index in [0.29, 0.717) is 23.7 Å². The van der Waals surface area contributed by atoms with E-state index < -0.39 is 5.91 Å². The first-order valence-electron chi connectivity index (χ1n) is 7.27. The third kappa shape index (κ3) is 3.78. The zero-order valence-corrected chi connectivity index (χ0v) is 12.6. The summed E-state index contributed by atoms with van der Waals surface area (Å²) in [6.45, 7) is 5.47. The van der Waals surface area contributed by atoms with Crippen molar-refractivity contribution in [2.24, 2.45) is 5.84 Å². The van der Waals surface area contributed by atoms with Gasteiger partial charge in [0.25, 0.3) is 5.91 Å². The van der Waals surface area contributed by atoms with E-state index in [1.54, 1.807) is 6.07 Å². The van der Waals surface area contributed by atoms with E-state index in [-0.39, 0.29) is 5.82 Å². The van der Waals surface area contributed by atoms with Crippen molar-refractivity contribution in [1.29, 1.82) is 0 Å². The maximum atomic E-state index is 13.9. The van der Waals surface area contributed by atoms with Crippen LogP contribution in [0.3, 0.4) is 0 Å². The monoisotopic (exact) mass is 294 g/mol. The molecule has 1 fully saturated rings. The molecule has 3 N–H and O–H groups in total. The van der Waals surface area contributed by atoms with Gasteiger partial charge in [0.15, 0.2) is 0 Å². The largest absolute Gasteiger partial charge is 0.301 e. The van der Waals surface area contributed by atoms with E-state index in [1.165, 1.54) is 12.1 Å². The first-order valence-corrected chi connectivity index (χ1v) is 7.27. The fourth-order valence-electron chi connectivity index (χ4n) is 2.76. The summed E-state index contributed by atoms with van der Waals surface area (Å²) in [5.74, 6) is 4.44. The number of nitrogens with two attached hydrogens (primary N) is 1. The highest BCUT2D eigenvalue weighted by atomic mass is 19.1. The fraction of sp³-hybridized carbons (Fsp3) is 0.533. The molecule has 1 saturated heterocycles. The van der Waals surface area contributed by atoms with Gasteiger partial charge in [0.05, 0.1) is 0 Å². The fourth-order valence-corrected chi connectivity index (χ4v) is 2.76. The maximum Gasteiger partial charge on any atom is 0.265 e. The third-order valence-electron chi connectivity index (χ3n) is 4.17. The topological polar surface area (TPSA) is 61.6 Å². The standard InChI is InChI=1S/C15H23FN4O/c1-3-13-10-20(7-6-19(13)2)9-12-8-11(15(21)18-17)4-5-14(12)16/h4-5,8,13H,3,6-7,9-10,17H2,1-2H3,(H,18,21). The Hall–Kier alpha value is -1.50. The van der Waals surface area contributed by atoms with Crippen molar-refractivity contribution in [3.63, 3.8) is 0 Å². The summed E-state index contributed by atoms with van der Waals surface area (Å²) in [4.78, 5) is 16.1. The lowest BCUT2D eigenvalue weighted by Crippen LogP contribution is -2.50. The van der Waals surface area contributed by atoms with E-state index in [9.17, 15) is 9.18 Å². The predicted molar refractivity (Wildman–Crippen MR) is 80.0 cm³/mol. The molecule has 6 heteroatoms. The van der Waals surface area contributed by atoms with Crippen molar-refractivity contribution < 1.29 is 9.18 Å². The molecule has 0 bridgehead atoms. The number of likely N-dealkylation sites (N-methyl/N-ethyl adjacent to an activating group) is 1. The molecule has 0 aromatic heterocycles. The molecule has 1 amide bonds. The lowest BCUT2D eigenvalue weighted by Gasteiger charge is -2.39. The number of hydrazine groups is 1. The van der Waals surface area contributed by atoms with E-state index in [2.05, 4.69) is 29.2 Å². The van der Waals surface area contributed by atoms with Crippen molar-refractivity contribution in [3.8, 4) is 0 Å². The van der Waals surface area contributed by atoms with Gasteiger partial charge in [0.2, 0.25) is 0 Å². The Morgan fingerprint density at radius 3 is 2.90 bits per heavy atom. The molecule has 1 heterocycles. The lowest BCUT2D eigenvalue weighted by atomic mass is 10.1. The second-order valence-corrected chi connectivity index (χ2v) is 5.56. The first-order chi connectivity index (χ1) is 10.0. The van der Waals surface area contributed by atoms with Crippen LogP contribution in [0.15, 0.2) is 18.2 Å². The van der Waals surface area contributed by atoms with Gasteiger partial charge >= 0.3 is 0 Å². The van der Waals surface area contributed by atoms with Crippen LogP contribution in [0.25, 0.3) is 0 Å². The summed E-state index contributed by atoms with van der Waals surface area (Å²) in [6, 6.07) is 4.85. The van der Waals surface area contributed by atoms with Crippen LogP contribution >= 0.6 is 0 Å². The molecule has 1 unspecified atom stereocenters. The SMILES string of the molecule is CCC1CN(Cc2cc(C(=O)NN)ccc2F)CCN1C. The molecule has 21 heavy (non-hydrogen) atoms. The van der Waals surface area contributed by atoms with Crippen LogP contribution < -0.4 is 11.3 Å². The number of halogens is 1. The quantitative estimate of drug-likeness (QED) is 0.493. The number of nitrogens with one attached hydrogen (secondary N) is 1. The molecule has 0 spiro atoms. The highest BCUT2D eigenvalue weighted by Crippen LogP contribution is 2.17. The molecule has 0 aliphatic carbocycles.